The Balaban J connectivity index is 2.21. The first kappa shape index (κ1) is 13.4. The number of nitrogens with zero attached hydrogens (tertiary/aromatic N) is 1. The Hall–Kier alpha value is -1.03. The highest BCUT2D eigenvalue weighted by Crippen LogP contribution is 2.28. The minimum absolute atomic E-state index is 0.0587. The third-order valence-corrected chi connectivity index (χ3v) is 3.84. The van der Waals surface area contributed by atoms with Gasteiger partial charge in [-0.1, -0.05) is 22.0 Å². The van der Waals surface area contributed by atoms with Crippen molar-refractivity contribution < 1.29 is 9.90 Å². The van der Waals surface area contributed by atoms with Crippen LogP contribution >= 0.6 is 15.9 Å². The molecule has 0 radical (unpaired) electrons. The van der Waals surface area contributed by atoms with Crippen LogP contribution in [0.3, 0.4) is 0 Å². The van der Waals surface area contributed by atoms with E-state index in [1.165, 1.54) is 6.42 Å². The predicted molar refractivity (Wildman–Crippen MR) is 75.3 cm³/mol. The number of alkyl halides is 1. The number of halogens is 1. The molecule has 0 atom stereocenters. The summed E-state index contributed by atoms with van der Waals surface area (Å²) in [7, 11) is 0. The van der Waals surface area contributed by atoms with Crippen LogP contribution in [0, 0.1) is 6.92 Å². The Morgan fingerprint density at radius 1 is 1.50 bits per heavy atom. The minimum Gasteiger partial charge on any atom is -0.507 e. The minimum atomic E-state index is -0.0587. The van der Waals surface area contributed by atoms with E-state index in [9.17, 15) is 9.90 Å². The number of aryl methyl sites for hydroxylation is 1. The molecule has 1 aliphatic carbocycles. The molecule has 3 nitrogen and oxygen atoms in total. The molecule has 1 aromatic rings. The van der Waals surface area contributed by atoms with Crippen LogP contribution in [-0.4, -0.2) is 33.8 Å². The first-order valence-corrected chi connectivity index (χ1v) is 7.42. The van der Waals surface area contributed by atoms with Crippen molar-refractivity contribution in [1.29, 1.82) is 0 Å². The number of carbonyl (C=O) groups excluding carboxylic acids is 1. The lowest BCUT2D eigenvalue weighted by Gasteiger charge is -2.37. The van der Waals surface area contributed by atoms with E-state index >= 15 is 0 Å². The summed E-state index contributed by atoms with van der Waals surface area (Å²) in [5, 5.41) is 10.7. The first-order chi connectivity index (χ1) is 8.63. The van der Waals surface area contributed by atoms with Crippen LogP contribution in [0.15, 0.2) is 18.2 Å². The second-order valence-electron chi connectivity index (χ2n) is 4.79. The predicted octanol–water partition coefficient (Wildman–Crippen LogP) is 3.09. The van der Waals surface area contributed by atoms with E-state index in [0.29, 0.717) is 18.2 Å². The second kappa shape index (κ2) is 5.74. The van der Waals surface area contributed by atoms with E-state index in [4.69, 9.17) is 0 Å². The molecule has 1 aromatic carbocycles. The molecule has 98 valence electrons. The van der Waals surface area contributed by atoms with Crippen LogP contribution in [-0.2, 0) is 0 Å². The van der Waals surface area contributed by atoms with Crippen molar-refractivity contribution in [2.45, 2.75) is 32.2 Å². The van der Waals surface area contributed by atoms with Gasteiger partial charge in [-0.15, -0.1) is 0 Å². The fraction of sp³-hybridized carbons (Fsp3) is 0.500. The zero-order valence-corrected chi connectivity index (χ0v) is 12.1. The summed E-state index contributed by atoms with van der Waals surface area (Å²) in [6, 6.07) is 5.56. The standard InChI is InChI=1S/C14H18BrNO2/c1-10-5-6-12(13(17)9-10)14(18)16(8-7-15)11-3-2-4-11/h5-6,9,11,17H,2-4,7-8H2,1H3. The molecule has 4 heteroatoms. The summed E-state index contributed by atoms with van der Waals surface area (Å²) < 4.78 is 0. The molecular formula is C14H18BrNO2. The molecule has 0 saturated heterocycles. The van der Waals surface area contributed by atoms with Crippen molar-refractivity contribution in [3.05, 3.63) is 29.3 Å². The van der Waals surface area contributed by atoms with Gasteiger partial charge in [0, 0.05) is 17.9 Å². The lowest BCUT2D eigenvalue weighted by molar-refractivity contribution is 0.0596. The molecule has 0 bridgehead atoms. The van der Waals surface area contributed by atoms with Gasteiger partial charge in [-0.05, 0) is 43.9 Å². The molecule has 1 amide bonds. The van der Waals surface area contributed by atoms with Crippen LogP contribution in [0.5, 0.6) is 5.75 Å². The van der Waals surface area contributed by atoms with E-state index < -0.39 is 0 Å². The van der Waals surface area contributed by atoms with Crippen LogP contribution < -0.4 is 0 Å². The van der Waals surface area contributed by atoms with Crippen LogP contribution in [0.25, 0.3) is 0 Å². The number of aromatic hydroxyl groups is 1. The number of hydrogen-bond acceptors (Lipinski definition) is 2. The normalized spacial score (nSPS) is 15.2. The highest BCUT2D eigenvalue weighted by Gasteiger charge is 2.29. The van der Waals surface area contributed by atoms with E-state index in [1.807, 2.05) is 17.9 Å². The second-order valence-corrected chi connectivity index (χ2v) is 5.59. The molecule has 0 aliphatic heterocycles. The van der Waals surface area contributed by atoms with E-state index in [-0.39, 0.29) is 11.7 Å². The Kier molecular flexibility index (Phi) is 4.27. The zero-order valence-electron chi connectivity index (χ0n) is 10.5. The van der Waals surface area contributed by atoms with Crippen LogP contribution in [0.4, 0.5) is 0 Å². The van der Waals surface area contributed by atoms with Gasteiger partial charge in [-0.3, -0.25) is 4.79 Å². The van der Waals surface area contributed by atoms with Crippen molar-refractivity contribution in [3.63, 3.8) is 0 Å². The van der Waals surface area contributed by atoms with Gasteiger partial charge >= 0.3 is 0 Å². The van der Waals surface area contributed by atoms with Gasteiger partial charge in [0.2, 0.25) is 0 Å². The maximum absolute atomic E-state index is 12.4. The summed E-state index contributed by atoms with van der Waals surface area (Å²) in [5.41, 5.74) is 1.37. The fourth-order valence-corrected chi connectivity index (χ4v) is 2.60. The Labute approximate surface area is 116 Å². The first-order valence-electron chi connectivity index (χ1n) is 6.30. The van der Waals surface area contributed by atoms with Gasteiger partial charge in [-0.2, -0.15) is 0 Å². The molecule has 18 heavy (non-hydrogen) atoms. The monoisotopic (exact) mass is 311 g/mol. The SMILES string of the molecule is Cc1ccc(C(=O)N(CCBr)C2CCC2)c(O)c1. The summed E-state index contributed by atoms with van der Waals surface area (Å²) in [6.45, 7) is 2.59. The fourth-order valence-electron chi connectivity index (χ4n) is 2.22. The Bertz CT molecular complexity index is 443. The Morgan fingerprint density at radius 3 is 2.72 bits per heavy atom. The van der Waals surface area contributed by atoms with Crippen molar-refractivity contribution in [1.82, 2.24) is 4.90 Å². The van der Waals surface area contributed by atoms with E-state index in [0.717, 1.165) is 23.7 Å². The molecule has 1 fully saturated rings. The van der Waals surface area contributed by atoms with E-state index in [1.54, 1.807) is 12.1 Å². The number of benzene rings is 1. The summed E-state index contributed by atoms with van der Waals surface area (Å²) >= 11 is 3.39. The molecule has 0 unspecified atom stereocenters. The molecule has 0 spiro atoms. The highest BCUT2D eigenvalue weighted by atomic mass is 79.9. The van der Waals surface area contributed by atoms with Gasteiger partial charge in [-0.25, -0.2) is 0 Å². The smallest absolute Gasteiger partial charge is 0.257 e. The summed E-state index contributed by atoms with van der Waals surface area (Å²) in [5.74, 6) is 0.0237. The quantitative estimate of drug-likeness (QED) is 0.868. The number of rotatable bonds is 4. The summed E-state index contributed by atoms with van der Waals surface area (Å²) in [6.07, 6.45) is 3.34. The number of phenolic OH excluding ortho intramolecular Hbond substituents is 1. The number of carbonyl (C=O) groups is 1. The third-order valence-electron chi connectivity index (χ3n) is 3.49. The number of hydrogen-bond donors (Lipinski definition) is 1. The van der Waals surface area contributed by atoms with Crippen molar-refractivity contribution >= 4 is 21.8 Å². The van der Waals surface area contributed by atoms with Crippen LogP contribution in [0.1, 0.15) is 35.2 Å². The van der Waals surface area contributed by atoms with Gasteiger partial charge in [0.25, 0.3) is 5.91 Å². The highest BCUT2D eigenvalue weighted by molar-refractivity contribution is 9.09. The Morgan fingerprint density at radius 2 is 2.22 bits per heavy atom. The maximum atomic E-state index is 12.4. The van der Waals surface area contributed by atoms with Gasteiger partial charge in [0.15, 0.2) is 0 Å². The van der Waals surface area contributed by atoms with Crippen molar-refractivity contribution in [2.75, 3.05) is 11.9 Å². The molecule has 1 aliphatic rings. The largest absolute Gasteiger partial charge is 0.507 e. The molecule has 1 N–H and O–H groups in total. The average Bonchev–Trinajstić information content (AvgIpc) is 2.25. The molecule has 0 heterocycles. The molecule has 1 saturated carbocycles. The van der Waals surface area contributed by atoms with Gasteiger partial charge in [0.05, 0.1) is 5.56 Å². The van der Waals surface area contributed by atoms with E-state index in [2.05, 4.69) is 15.9 Å². The number of phenols is 1. The van der Waals surface area contributed by atoms with Crippen molar-refractivity contribution in [3.8, 4) is 5.75 Å². The zero-order chi connectivity index (χ0) is 13.1. The topological polar surface area (TPSA) is 40.5 Å². The van der Waals surface area contributed by atoms with Crippen molar-refractivity contribution in [2.24, 2.45) is 0 Å². The lowest BCUT2D eigenvalue weighted by atomic mass is 9.91. The summed E-state index contributed by atoms with van der Waals surface area (Å²) in [4.78, 5) is 14.3. The maximum Gasteiger partial charge on any atom is 0.257 e. The molecule has 2 rings (SSSR count). The van der Waals surface area contributed by atoms with Gasteiger partial charge in [0.1, 0.15) is 5.75 Å². The molecular weight excluding hydrogens is 294 g/mol. The molecule has 0 aromatic heterocycles. The number of amides is 1. The van der Waals surface area contributed by atoms with Gasteiger partial charge < -0.3 is 10.0 Å². The third kappa shape index (κ3) is 2.69. The average molecular weight is 312 g/mol. The lowest BCUT2D eigenvalue weighted by Crippen LogP contribution is -2.45. The van der Waals surface area contributed by atoms with Crippen LogP contribution in [0.2, 0.25) is 0 Å².